The van der Waals surface area contributed by atoms with Crippen molar-refractivity contribution in [3.63, 3.8) is 0 Å². The lowest BCUT2D eigenvalue weighted by Crippen LogP contribution is -2.62. The van der Waals surface area contributed by atoms with Crippen molar-refractivity contribution in [3.8, 4) is 5.75 Å². The van der Waals surface area contributed by atoms with Crippen LogP contribution >= 0.6 is 0 Å². The molecule has 1 heterocycles. The van der Waals surface area contributed by atoms with E-state index in [2.05, 4.69) is 18.9 Å². The smallest absolute Gasteiger partial charge is 0.439 e. The van der Waals surface area contributed by atoms with E-state index in [0.29, 0.717) is 18.6 Å². The van der Waals surface area contributed by atoms with E-state index in [0.717, 1.165) is 11.1 Å². The average Bonchev–Trinajstić information content (AvgIpc) is 3.13. The van der Waals surface area contributed by atoms with Crippen molar-refractivity contribution < 1.29 is 27.8 Å². The lowest BCUT2D eigenvalue weighted by molar-refractivity contribution is -0.317. The van der Waals surface area contributed by atoms with Crippen LogP contribution < -0.4 is 4.74 Å². The van der Waals surface area contributed by atoms with Gasteiger partial charge in [0.25, 0.3) is 11.6 Å². The number of aliphatic hydroxyl groups is 1. The molecular weight excluding hydrogens is 445 g/mol. The van der Waals surface area contributed by atoms with E-state index < -0.39 is 30.3 Å². The molecule has 1 N–H and O–H groups in total. The van der Waals surface area contributed by atoms with Crippen molar-refractivity contribution >= 4 is 11.6 Å². The normalized spacial score (nSPS) is 25.0. The molecule has 5 nitrogen and oxygen atoms in total. The second-order valence-corrected chi connectivity index (χ2v) is 9.64. The maximum Gasteiger partial charge on any atom is 0.439 e. The highest BCUT2D eigenvalue weighted by Crippen LogP contribution is 2.49. The fourth-order valence-electron chi connectivity index (χ4n) is 4.94. The molecule has 0 saturated heterocycles. The van der Waals surface area contributed by atoms with Gasteiger partial charge in [0.2, 0.25) is 0 Å². The molecule has 0 aromatic heterocycles. The van der Waals surface area contributed by atoms with Gasteiger partial charge in [0.1, 0.15) is 5.75 Å². The van der Waals surface area contributed by atoms with Gasteiger partial charge in [-0.1, -0.05) is 69.7 Å². The maximum atomic E-state index is 14.0. The minimum atomic E-state index is -5.04. The van der Waals surface area contributed by atoms with Gasteiger partial charge >= 0.3 is 6.18 Å². The van der Waals surface area contributed by atoms with Crippen molar-refractivity contribution in [2.75, 3.05) is 6.61 Å². The van der Waals surface area contributed by atoms with E-state index in [4.69, 9.17) is 4.74 Å². The monoisotopic (exact) mass is 474 g/mol. The number of ether oxygens (including phenoxy) is 1. The van der Waals surface area contributed by atoms with Gasteiger partial charge in [-0.3, -0.25) is 4.79 Å². The van der Waals surface area contributed by atoms with Crippen molar-refractivity contribution in [2.45, 2.75) is 57.3 Å². The van der Waals surface area contributed by atoms with Gasteiger partial charge in [0.05, 0.1) is 5.92 Å². The summed E-state index contributed by atoms with van der Waals surface area (Å²) >= 11 is 0. The molecule has 2 aromatic rings. The van der Waals surface area contributed by atoms with Crippen LogP contribution in [0.4, 0.5) is 13.2 Å². The first-order chi connectivity index (χ1) is 16.0. The van der Waals surface area contributed by atoms with Gasteiger partial charge in [-0.05, 0) is 42.0 Å². The van der Waals surface area contributed by atoms with E-state index in [1.54, 1.807) is 19.1 Å². The molecule has 4 rings (SSSR count). The molecule has 2 aromatic carbocycles. The van der Waals surface area contributed by atoms with Crippen molar-refractivity contribution in [2.24, 2.45) is 16.9 Å². The number of halogens is 3. The molecule has 2 aliphatic rings. The summed E-state index contributed by atoms with van der Waals surface area (Å²) in [6.45, 7) is 5.28. The highest BCUT2D eigenvalue weighted by Gasteiger charge is 2.69. The fourth-order valence-corrected chi connectivity index (χ4v) is 4.94. The molecule has 0 spiro atoms. The summed E-state index contributed by atoms with van der Waals surface area (Å²) in [5.41, 5.74) is -1.23. The summed E-state index contributed by atoms with van der Waals surface area (Å²) in [7, 11) is 0. The number of carbonyl (C=O) groups excluding carboxylic acids is 1. The Bertz CT molecular complexity index is 1070. The molecule has 1 aliphatic carbocycles. The first kappa shape index (κ1) is 24.3. The second-order valence-electron chi connectivity index (χ2n) is 9.64. The lowest BCUT2D eigenvalue weighted by atomic mass is 9.75. The first-order valence-electron chi connectivity index (χ1n) is 11.5. The highest BCUT2D eigenvalue weighted by atomic mass is 19.4. The first-order valence-corrected chi connectivity index (χ1v) is 11.5. The Kier molecular flexibility index (Phi) is 6.23. The average molecular weight is 475 g/mol. The van der Waals surface area contributed by atoms with Crippen LogP contribution in [0.5, 0.6) is 5.75 Å². The van der Waals surface area contributed by atoms with Crippen molar-refractivity contribution in [1.29, 1.82) is 0 Å². The Labute approximate surface area is 197 Å². The molecule has 1 aliphatic heterocycles. The Morgan fingerprint density at radius 2 is 1.71 bits per heavy atom. The van der Waals surface area contributed by atoms with Crippen LogP contribution in [-0.2, 0) is 10.2 Å². The minimum absolute atomic E-state index is 0.127. The number of rotatable bonds is 5. The number of amides is 1. The quantitative estimate of drug-likeness (QED) is 0.642. The number of alkyl halides is 3. The SMILES string of the molecule is C[C@@H]1CCC[C@H]2C1=NN(C(=O)COc1ccc(C(C)(C)c3ccccc3)cc1)[C@@]2(O)C(F)(F)F. The number of benzene rings is 2. The molecule has 0 unspecified atom stereocenters. The maximum absolute atomic E-state index is 14.0. The van der Waals surface area contributed by atoms with Crippen molar-refractivity contribution in [1.82, 2.24) is 5.01 Å². The molecule has 182 valence electrons. The predicted octanol–water partition coefficient (Wildman–Crippen LogP) is 5.28. The summed E-state index contributed by atoms with van der Waals surface area (Å²) in [5.74, 6) is -2.18. The largest absolute Gasteiger partial charge is 0.484 e. The Morgan fingerprint density at radius 1 is 1.09 bits per heavy atom. The van der Waals surface area contributed by atoms with Gasteiger partial charge in [-0.25, -0.2) is 0 Å². The Balaban J connectivity index is 1.49. The van der Waals surface area contributed by atoms with Gasteiger partial charge in [0, 0.05) is 11.1 Å². The van der Waals surface area contributed by atoms with E-state index in [1.165, 1.54) is 0 Å². The number of hydrogen-bond donors (Lipinski definition) is 1. The minimum Gasteiger partial charge on any atom is -0.484 e. The van der Waals surface area contributed by atoms with Crippen LogP contribution in [0, 0.1) is 11.8 Å². The molecule has 1 amide bonds. The fraction of sp³-hybridized carbons (Fsp3) is 0.462. The van der Waals surface area contributed by atoms with Gasteiger partial charge in [0.15, 0.2) is 6.61 Å². The number of hydrogen-bond acceptors (Lipinski definition) is 4. The number of hydrazone groups is 1. The van der Waals surface area contributed by atoms with Gasteiger partial charge in [-0.2, -0.15) is 23.3 Å². The van der Waals surface area contributed by atoms with E-state index in [9.17, 15) is 23.1 Å². The van der Waals surface area contributed by atoms with Crippen LogP contribution in [0.1, 0.15) is 51.2 Å². The third-order valence-electron chi connectivity index (χ3n) is 7.10. The molecule has 3 atom stereocenters. The topological polar surface area (TPSA) is 62.1 Å². The van der Waals surface area contributed by atoms with E-state index in [-0.39, 0.29) is 28.5 Å². The lowest BCUT2D eigenvalue weighted by Gasteiger charge is -2.38. The summed E-state index contributed by atoms with van der Waals surface area (Å²) in [6.07, 6.45) is -3.70. The van der Waals surface area contributed by atoms with Crippen LogP contribution in [0.2, 0.25) is 0 Å². The number of nitrogens with zero attached hydrogens (tertiary/aromatic N) is 2. The molecule has 0 radical (unpaired) electrons. The zero-order chi connectivity index (χ0) is 24.7. The van der Waals surface area contributed by atoms with Crippen LogP contribution in [0.15, 0.2) is 59.7 Å². The Morgan fingerprint density at radius 3 is 2.32 bits per heavy atom. The third kappa shape index (κ3) is 4.08. The molecule has 34 heavy (non-hydrogen) atoms. The summed E-state index contributed by atoms with van der Waals surface area (Å²) in [6, 6.07) is 17.1. The van der Waals surface area contributed by atoms with Gasteiger partial charge in [-0.15, -0.1) is 0 Å². The summed E-state index contributed by atoms with van der Waals surface area (Å²) < 4.78 is 47.4. The second kappa shape index (κ2) is 8.73. The standard InChI is InChI=1S/C26H29F3N2O3/c1-17-8-7-11-21-23(17)30-31(25(21,33)26(27,28)29)22(32)16-34-20-14-12-19(13-15-20)24(2,3)18-9-5-4-6-10-18/h4-6,9-10,12-15,17,21,33H,7-8,11,16H2,1-3H3/t17-,21+,25+/m1/s1. The molecule has 0 bridgehead atoms. The van der Waals surface area contributed by atoms with Gasteiger partial charge < -0.3 is 9.84 Å². The predicted molar refractivity (Wildman–Crippen MR) is 122 cm³/mol. The summed E-state index contributed by atoms with van der Waals surface area (Å²) in [5, 5.41) is 14.9. The van der Waals surface area contributed by atoms with Crippen LogP contribution in [0.3, 0.4) is 0 Å². The Hall–Kier alpha value is -2.87. The molecular formula is C26H29F3N2O3. The zero-order valence-electron chi connectivity index (χ0n) is 19.5. The molecule has 1 fully saturated rings. The summed E-state index contributed by atoms with van der Waals surface area (Å²) in [4.78, 5) is 12.8. The van der Waals surface area contributed by atoms with E-state index >= 15 is 0 Å². The number of fused-ring (bicyclic) bond motifs is 1. The van der Waals surface area contributed by atoms with E-state index in [1.807, 2.05) is 42.5 Å². The molecule has 1 saturated carbocycles. The van der Waals surface area contributed by atoms with Crippen LogP contribution in [-0.4, -0.2) is 40.2 Å². The zero-order valence-corrected chi connectivity index (χ0v) is 19.5. The number of carbonyl (C=O) groups is 1. The highest BCUT2D eigenvalue weighted by molar-refractivity contribution is 5.95. The van der Waals surface area contributed by atoms with Crippen molar-refractivity contribution in [3.05, 3.63) is 65.7 Å². The van der Waals surface area contributed by atoms with Crippen LogP contribution in [0.25, 0.3) is 0 Å². The molecule has 8 heteroatoms. The third-order valence-corrected chi connectivity index (χ3v) is 7.10.